The third-order valence-corrected chi connectivity index (χ3v) is 5.74. The molecule has 1 atom stereocenters. The number of sulfonamides is 1. The Balaban J connectivity index is 1.76. The van der Waals surface area contributed by atoms with E-state index in [4.69, 9.17) is 14.2 Å². The van der Waals surface area contributed by atoms with Crippen LogP contribution in [-0.2, 0) is 21.4 Å². The Labute approximate surface area is 170 Å². The SMILES string of the molecule is COc1ccc(CNC(=O)[C@@H]2CN(S(C)(=O)=O)c3ccc(C)cc3O2)cc1OC. The highest BCUT2D eigenvalue weighted by Gasteiger charge is 2.34. The van der Waals surface area contributed by atoms with Gasteiger partial charge in [0.05, 0.1) is 32.7 Å². The molecule has 3 rings (SSSR count). The standard InChI is InChI=1S/C20H24N2O6S/c1-13-5-7-15-17(9-13)28-19(12-22(15)29(4,24)25)20(23)21-11-14-6-8-16(26-2)18(10-14)27-3/h5-10,19H,11-12H2,1-4H3,(H,21,23)/t19-/m0/s1. The summed E-state index contributed by atoms with van der Waals surface area (Å²) in [5.41, 5.74) is 2.15. The number of nitrogens with zero attached hydrogens (tertiary/aromatic N) is 1. The maximum atomic E-state index is 12.7. The van der Waals surface area contributed by atoms with Crippen LogP contribution in [0.3, 0.4) is 0 Å². The van der Waals surface area contributed by atoms with Gasteiger partial charge in [0.15, 0.2) is 17.6 Å². The number of carbonyl (C=O) groups excluding carboxylic acids is 1. The Kier molecular flexibility index (Phi) is 5.88. The number of benzene rings is 2. The molecule has 29 heavy (non-hydrogen) atoms. The third-order valence-electron chi connectivity index (χ3n) is 4.59. The number of rotatable bonds is 6. The van der Waals surface area contributed by atoms with Gasteiger partial charge < -0.3 is 19.5 Å². The van der Waals surface area contributed by atoms with Gasteiger partial charge in [-0.1, -0.05) is 12.1 Å². The Morgan fingerprint density at radius 2 is 1.90 bits per heavy atom. The van der Waals surface area contributed by atoms with Crippen LogP contribution in [-0.4, -0.2) is 47.4 Å². The summed E-state index contributed by atoms with van der Waals surface area (Å²) in [6, 6.07) is 10.5. The van der Waals surface area contributed by atoms with Crippen LogP contribution in [0.4, 0.5) is 5.69 Å². The molecule has 1 N–H and O–H groups in total. The molecule has 0 saturated heterocycles. The van der Waals surface area contributed by atoms with E-state index in [2.05, 4.69) is 5.32 Å². The Morgan fingerprint density at radius 3 is 2.55 bits per heavy atom. The van der Waals surface area contributed by atoms with Crippen LogP contribution in [0, 0.1) is 6.92 Å². The predicted molar refractivity (Wildman–Crippen MR) is 109 cm³/mol. The van der Waals surface area contributed by atoms with Gasteiger partial charge in [0.25, 0.3) is 5.91 Å². The minimum Gasteiger partial charge on any atom is -0.493 e. The summed E-state index contributed by atoms with van der Waals surface area (Å²) in [6.45, 7) is 2.01. The second-order valence-electron chi connectivity index (χ2n) is 6.78. The number of hydrogen-bond donors (Lipinski definition) is 1. The fourth-order valence-electron chi connectivity index (χ4n) is 3.11. The molecule has 9 heteroatoms. The molecule has 0 unspecified atom stereocenters. The van der Waals surface area contributed by atoms with Crippen molar-refractivity contribution in [3.8, 4) is 17.2 Å². The number of carbonyl (C=O) groups is 1. The van der Waals surface area contributed by atoms with E-state index in [1.54, 1.807) is 37.4 Å². The van der Waals surface area contributed by atoms with Crippen molar-refractivity contribution >= 4 is 21.6 Å². The molecule has 1 amide bonds. The topological polar surface area (TPSA) is 94.2 Å². The van der Waals surface area contributed by atoms with Crippen molar-refractivity contribution in [2.45, 2.75) is 19.6 Å². The lowest BCUT2D eigenvalue weighted by Gasteiger charge is -2.34. The van der Waals surface area contributed by atoms with Gasteiger partial charge in [0, 0.05) is 6.54 Å². The molecule has 0 saturated carbocycles. The van der Waals surface area contributed by atoms with Gasteiger partial charge in [-0.3, -0.25) is 9.10 Å². The Bertz CT molecular complexity index is 1020. The van der Waals surface area contributed by atoms with Crippen LogP contribution in [0.2, 0.25) is 0 Å². The number of amides is 1. The zero-order valence-corrected chi connectivity index (χ0v) is 17.6. The first kappa shape index (κ1) is 20.8. The number of hydrogen-bond acceptors (Lipinski definition) is 6. The summed E-state index contributed by atoms with van der Waals surface area (Å²) in [6.07, 6.45) is 0.153. The Hall–Kier alpha value is -2.94. The summed E-state index contributed by atoms with van der Waals surface area (Å²) in [4.78, 5) is 12.7. The number of fused-ring (bicyclic) bond motifs is 1. The molecule has 2 aromatic carbocycles. The average molecular weight is 420 g/mol. The number of methoxy groups -OCH3 is 2. The van der Waals surface area contributed by atoms with Gasteiger partial charge >= 0.3 is 0 Å². The quantitative estimate of drug-likeness (QED) is 0.767. The highest BCUT2D eigenvalue weighted by Crippen LogP contribution is 2.35. The normalized spacial score (nSPS) is 15.9. The summed E-state index contributed by atoms with van der Waals surface area (Å²) in [5.74, 6) is 1.11. The van der Waals surface area contributed by atoms with Gasteiger partial charge in [0.2, 0.25) is 10.0 Å². The second-order valence-corrected chi connectivity index (χ2v) is 8.69. The predicted octanol–water partition coefficient (Wildman–Crippen LogP) is 1.86. The van der Waals surface area contributed by atoms with Crippen LogP contribution in [0.25, 0.3) is 0 Å². The molecular weight excluding hydrogens is 396 g/mol. The van der Waals surface area contributed by atoms with E-state index in [0.717, 1.165) is 17.4 Å². The third kappa shape index (κ3) is 4.56. The molecule has 1 aliphatic heterocycles. The van der Waals surface area contributed by atoms with E-state index in [1.165, 1.54) is 11.4 Å². The molecule has 0 spiro atoms. The fraction of sp³-hybridized carbons (Fsp3) is 0.350. The van der Waals surface area contributed by atoms with Gasteiger partial charge in [-0.25, -0.2) is 8.42 Å². The van der Waals surface area contributed by atoms with Gasteiger partial charge in [-0.2, -0.15) is 0 Å². The lowest BCUT2D eigenvalue weighted by molar-refractivity contribution is -0.127. The fourth-order valence-corrected chi connectivity index (χ4v) is 4.02. The minimum absolute atomic E-state index is 0.0906. The molecule has 0 radical (unpaired) electrons. The number of aryl methyl sites for hydroxylation is 1. The van der Waals surface area contributed by atoms with E-state index >= 15 is 0 Å². The Morgan fingerprint density at radius 1 is 1.17 bits per heavy atom. The maximum absolute atomic E-state index is 12.7. The van der Waals surface area contributed by atoms with Gasteiger partial charge in [-0.15, -0.1) is 0 Å². The van der Waals surface area contributed by atoms with Crippen molar-refractivity contribution in [3.05, 3.63) is 47.5 Å². The van der Waals surface area contributed by atoms with Gasteiger partial charge in [-0.05, 0) is 42.3 Å². The molecule has 0 aromatic heterocycles. The first-order valence-electron chi connectivity index (χ1n) is 8.96. The monoisotopic (exact) mass is 420 g/mol. The molecule has 0 aliphatic carbocycles. The van der Waals surface area contributed by atoms with Crippen molar-refractivity contribution in [3.63, 3.8) is 0 Å². The molecule has 0 bridgehead atoms. The summed E-state index contributed by atoms with van der Waals surface area (Å²) in [7, 11) is -0.474. The van der Waals surface area contributed by atoms with Crippen molar-refractivity contribution in [1.29, 1.82) is 0 Å². The molecule has 8 nitrogen and oxygen atoms in total. The first-order chi connectivity index (χ1) is 13.7. The maximum Gasteiger partial charge on any atom is 0.263 e. The highest BCUT2D eigenvalue weighted by atomic mass is 32.2. The average Bonchev–Trinajstić information content (AvgIpc) is 2.69. The van der Waals surface area contributed by atoms with Crippen molar-refractivity contribution in [2.24, 2.45) is 0 Å². The van der Waals surface area contributed by atoms with Crippen LogP contribution >= 0.6 is 0 Å². The number of anilines is 1. The van der Waals surface area contributed by atoms with Crippen LogP contribution in [0.15, 0.2) is 36.4 Å². The smallest absolute Gasteiger partial charge is 0.263 e. The van der Waals surface area contributed by atoms with Crippen LogP contribution in [0.5, 0.6) is 17.2 Å². The van der Waals surface area contributed by atoms with E-state index < -0.39 is 22.0 Å². The van der Waals surface area contributed by atoms with Crippen molar-refractivity contribution in [2.75, 3.05) is 31.3 Å². The van der Waals surface area contributed by atoms with E-state index in [9.17, 15) is 13.2 Å². The highest BCUT2D eigenvalue weighted by molar-refractivity contribution is 7.92. The zero-order valence-electron chi connectivity index (χ0n) is 16.8. The number of ether oxygens (including phenoxy) is 3. The summed E-state index contributed by atoms with van der Waals surface area (Å²) >= 11 is 0. The molecular formula is C20H24N2O6S. The first-order valence-corrected chi connectivity index (χ1v) is 10.8. The van der Waals surface area contributed by atoms with Crippen molar-refractivity contribution < 1.29 is 27.4 Å². The molecule has 1 aliphatic rings. The van der Waals surface area contributed by atoms with Crippen LogP contribution < -0.4 is 23.8 Å². The summed E-state index contributed by atoms with van der Waals surface area (Å²) < 4.78 is 41.9. The molecule has 2 aromatic rings. The number of nitrogens with one attached hydrogen (secondary N) is 1. The summed E-state index contributed by atoms with van der Waals surface area (Å²) in [5, 5.41) is 2.79. The molecule has 0 fully saturated rings. The van der Waals surface area contributed by atoms with E-state index in [0.29, 0.717) is 22.9 Å². The molecule has 1 heterocycles. The van der Waals surface area contributed by atoms with Gasteiger partial charge in [0.1, 0.15) is 5.75 Å². The van der Waals surface area contributed by atoms with Crippen LogP contribution in [0.1, 0.15) is 11.1 Å². The second kappa shape index (κ2) is 8.20. The lowest BCUT2D eigenvalue weighted by atomic mass is 10.1. The van der Waals surface area contributed by atoms with Crippen molar-refractivity contribution in [1.82, 2.24) is 5.32 Å². The minimum atomic E-state index is -3.56. The van der Waals surface area contributed by atoms with E-state index in [1.807, 2.05) is 13.0 Å². The largest absolute Gasteiger partial charge is 0.493 e. The lowest BCUT2D eigenvalue weighted by Crippen LogP contribution is -2.50. The zero-order chi connectivity index (χ0) is 21.2. The molecule has 156 valence electrons. The van der Waals surface area contributed by atoms with E-state index in [-0.39, 0.29) is 13.1 Å².